The van der Waals surface area contributed by atoms with Gasteiger partial charge in [0.05, 0.1) is 11.0 Å². The number of likely N-dealkylation sites (N-methyl/N-ethyl adjacent to an activating group) is 1. The summed E-state index contributed by atoms with van der Waals surface area (Å²) in [6.45, 7) is 9.77. The van der Waals surface area contributed by atoms with Gasteiger partial charge in [0.1, 0.15) is 5.82 Å². The van der Waals surface area contributed by atoms with Gasteiger partial charge in [0.15, 0.2) is 0 Å². The lowest BCUT2D eigenvalue weighted by atomic mass is 10.1. The topological polar surface area (TPSA) is 29.9 Å². The number of fused-ring (bicyclic) bond motifs is 1. The van der Waals surface area contributed by atoms with E-state index in [9.17, 15) is 0 Å². The summed E-state index contributed by atoms with van der Waals surface area (Å²) in [5.41, 5.74) is 2.33. The SMILES string of the molecule is CCNC(CC)C(C)n1c(C)nc2ccccc21. The molecule has 0 aliphatic heterocycles. The van der Waals surface area contributed by atoms with Crippen LogP contribution in [0.4, 0.5) is 0 Å². The summed E-state index contributed by atoms with van der Waals surface area (Å²) in [5.74, 6) is 1.10. The molecule has 1 aromatic heterocycles. The molecule has 18 heavy (non-hydrogen) atoms. The van der Waals surface area contributed by atoms with Gasteiger partial charge in [-0.25, -0.2) is 4.98 Å². The number of nitrogens with zero attached hydrogens (tertiary/aromatic N) is 2. The fourth-order valence-corrected chi connectivity index (χ4v) is 2.78. The van der Waals surface area contributed by atoms with Gasteiger partial charge >= 0.3 is 0 Å². The molecule has 1 heterocycles. The van der Waals surface area contributed by atoms with Crippen molar-refractivity contribution in [3.8, 4) is 0 Å². The zero-order chi connectivity index (χ0) is 13.1. The van der Waals surface area contributed by atoms with Crippen LogP contribution in [0.1, 0.15) is 39.1 Å². The zero-order valence-corrected chi connectivity index (χ0v) is 11.8. The molecule has 2 rings (SSSR count). The van der Waals surface area contributed by atoms with Crippen LogP contribution in [0, 0.1) is 6.92 Å². The predicted molar refractivity (Wildman–Crippen MR) is 76.9 cm³/mol. The minimum absolute atomic E-state index is 0.419. The Labute approximate surface area is 109 Å². The molecule has 3 heteroatoms. The van der Waals surface area contributed by atoms with Crippen LogP contribution in [-0.2, 0) is 0 Å². The molecule has 0 saturated carbocycles. The molecule has 98 valence electrons. The fraction of sp³-hybridized carbons (Fsp3) is 0.533. The van der Waals surface area contributed by atoms with Gasteiger partial charge in [0.2, 0.25) is 0 Å². The number of hydrogen-bond donors (Lipinski definition) is 1. The number of aryl methyl sites for hydroxylation is 1. The Morgan fingerprint density at radius 2 is 2.00 bits per heavy atom. The van der Waals surface area contributed by atoms with Crippen molar-refractivity contribution < 1.29 is 0 Å². The predicted octanol–water partition coefficient (Wildman–Crippen LogP) is 3.29. The molecule has 3 nitrogen and oxygen atoms in total. The summed E-state index contributed by atoms with van der Waals surface area (Å²) >= 11 is 0. The van der Waals surface area contributed by atoms with Gasteiger partial charge in [-0.05, 0) is 38.9 Å². The van der Waals surface area contributed by atoms with Gasteiger partial charge in [-0.3, -0.25) is 0 Å². The monoisotopic (exact) mass is 245 g/mol. The number of imidazole rings is 1. The lowest BCUT2D eigenvalue weighted by Gasteiger charge is -2.26. The maximum absolute atomic E-state index is 4.65. The van der Waals surface area contributed by atoms with Crippen molar-refractivity contribution in [3.63, 3.8) is 0 Å². The van der Waals surface area contributed by atoms with Gasteiger partial charge in [-0.2, -0.15) is 0 Å². The highest BCUT2D eigenvalue weighted by Crippen LogP contribution is 2.23. The van der Waals surface area contributed by atoms with Crippen molar-refractivity contribution in [3.05, 3.63) is 30.1 Å². The Morgan fingerprint density at radius 3 is 2.67 bits per heavy atom. The second-order valence-corrected chi connectivity index (χ2v) is 4.83. The Balaban J connectivity index is 2.43. The molecule has 1 aromatic carbocycles. The first kappa shape index (κ1) is 13.1. The lowest BCUT2D eigenvalue weighted by Crippen LogP contribution is -2.36. The van der Waals surface area contributed by atoms with E-state index in [-0.39, 0.29) is 0 Å². The standard InChI is InChI=1S/C15H23N3/c1-5-13(16-6-2)11(3)18-12(4)17-14-9-7-8-10-15(14)18/h7-11,13,16H,5-6H2,1-4H3. The Hall–Kier alpha value is -1.35. The molecule has 0 bridgehead atoms. The number of benzene rings is 1. The van der Waals surface area contributed by atoms with Crippen LogP contribution >= 0.6 is 0 Å². The number of rotatable bonds is 5. The summed E-state index contributed by atoms with van der Waals surface area (Å²) in [6, 6.07) is 9.28. The third-order valence-corrected chi connectivity index (χ3v) is 3.67. The van der Waals surface area contributed by atoms with Gasteiger partial charge in [-0.15, -0.1) is 0 Å². The van der Waals surface area contributed by atoms with Crippen molar-refractivity contribution in [2.24, 2.45) is 0 Å². The second kappa shape index (κ2) is 5.53. The van der Waals surface area contributed by atoms with E-state index in [0.29, 0.717) is 12.1 Å². The molecule has 0 fully saturated rings. The molecule has 0 amide bonds. The minimum Gasteiger partial charge on any atom is -0.324 e. The highest BCUT2D eigenvalue weighted by Gasteiger charge is 2.19. The first-order valence-electron chi connectivity index (χ1n) is 6.86. The van der Waals surface area contributed by atoms with Crippen LogP contribution in [-0.4, -0.2) is 22.1 Å². The van der Waals surface area contributed by atoms with E-state index in [1.165, 1.54) is 5.52 Å². The molecular formula is C15H23N3. The van der Waals surface area contributed by atoms with E-state index >= 15 is 0 Å². The largest absolute Gasteiger partial charge is 0.324 e. The molecule has 2 unspecified atom stereocenters. The van der Waals surface area contributed by atoms with Crippen LogP contribution in [0.15, 0.2) is 24.3 Å². The van der Waals surface area contributed by atoms with Crippen LogP contribution in [0.3, 0.4) is 0 Å². The van der Waals surface area contributed by atoms with Gasteiger partial charge < -0.3 is 9.88 Å². The third-order valence-electron chi connectivity index (χ3n) is 3.67. The molecule has 2 aromatic rings. The summed E-state index contributed by atoms with van der Waals surface area (Å²) in [5, 5.41) is 3.56. The number of nitrogens with one attached hydrogen (secondary N) is 1. The molecular weight excluding hydrogens is 222 g/mol. The van der Waals surface area contributed by atoms with Crippen molar-refractivity contribution in [1.82, 2.24) is 14.9 Å². The van der Waals surface area contributed by atoms with Gasteiger partial charge in [0.25, 0.3) is 0 Å². The molecule has 0 aliphatic carbocycles. The van der Waals surface area contributed by atoms with E-state index in [1.54, 1.807) is 0 Å². The number of para-hydroxylation sites is 2. The van der Waals surface area contributed by atoms with E-state index in [2.05, 4.69) is 60.8 Å². The Kier molecular flexibility index (Phi) is 4.02. The Bertz CT molecular complexity index is 515. The van der Waals surface area contributed by atoms with Crippen molar-refractivity contribution in [2.45, 2.75) is 46.2 Å². The van der Waals surface area contributed by atoms with Gasteiger partial charge in [-0.1, -0.05) is 26.0 Å². The summed E-state index contributed by atoms with van der Waals surface area (Å²) < 4.78 is 2.35. The van der Waals surface area contributed by atoms with Crippen LogP contribution in [0.2, 0.25) is 0 Å². The van der Waals surface area contributed by atoms with Crippen molar-refractivity contribution in [1.29, 1.82) is 0 Å². The van der Waals surface area contributed by atoms with Crippen LogP contribution in [0.5, 0.6) is 0 Å². The van der Waals surface area contributed by atoms with Crippen LogP contribution < -0.4 is 5.32 Å². The minimum atomic E-state index is 0.419. The van der Waals surface area contributed by atoms with E-state index in [0.717, 1.165) is 24.3 Å². The van der Waals surface area contributed by atoms with Crippen LogP contribution in [0.25, 0.3) is 11.0 Å². The average Bonchev–Trinajstić information content (AvgIpc) is 2.71. The molecule has 2 atom stereocenters. The molecule has 0 aliphatic rings. The molecule has 0 spiro atoms. The third kappa shape index (κ3) is 2.27. The number of aromatic nitrogens is 2. The average molecular weight is 245 g/mol. The first-order chi connectivity index (χ1) is 8.69. The normalized spacial score (nSPS) is 14.9. The summed E-state index contributed by atoms with van der Waals surface area (Å²) in [6.07, 6.45) is 1.13. The molecule has 1 N–H and O–H groups in total. The number of hydrogen-bond acceptors (Lipinski definition) is 2. The van der Waals surface area contributed by atoms with E-state index in [1.807, 2.05) is 6.07 Å². The quantitative estimate of drug-likeness (QED) is 0.876. The second-order valence-electron chi connectivity index (χ2n) is 4.83. The lowest BCUT2D eigenvalue weighted by molar-refractivity contribution is 0.368. The molecule has 0 saturated heterocycles. The maximum atomic E-state index is 4.65. The smallest absolute Gasteiger partial charge is 0.107 e. The van der Waals surface area contributed by atoms with Crippen molar-refractivity contribution in [2.75, 3.05) is 6.54 Å². The van der Waals surface area contributed by atoms with Gasteiger partial charge in [0, 0.05) is 12.1 Å². The highest BCUT2D eigenvalue weighted by molar-refractivity contribution is 5.76. The van der Waals surface area contributed by atoms with Crippen molar-refractivity contribution >= 4 is 11.0 Å². The van der Waals surface area contributed by atoms with E-state index < -0.39 is 0 Å². The first-order valence-corrected chi connectivity index (χ1v) is 6.86. The summed E-state index contributed by atoms with van der Waals surface area (Å²) in [4.78, 5) is 4.65. The highest BCUT2D eigenvalue weighted by atomic mass is 15.1. The van der Waals surface area contributed by atoms with E-state index in [4.69, 9.17) is 0 Å². The summed E-state index contributed by atoms with van der Waals surface area (Å²) in [7, 11) is 0. The Morgan fingerprint density at radius 1 is 1.28 bits per heavy atom. The zero-order valence-electron chi connectivity index (χ0n) is 11.8. The fourth-order valence-electron chi connectivity index (χ4n) is 2.78. The maximum Gasteiger partial charge on any atom is 0.107 e. The molecule has 0 radical (unpaired) electrons.